The van der Waals surface area contributed by atoms with Crippen LogP contribution < -0.4 is 11.1 Å². The number of aryl methyl sites for hydroxylation is 1. The van der Waals surface area contributed by atoms with E-state index in [1.54, 1.807) is 18.6 Å². The van der Waals surface area contributed by atoms with E-state index in [4.69, 9.17) is 5.73 Å². The summed E-state index contributed by atoms with van der Waals surface area (Å²) < 4.78 is 1.12. The second-order valence-electron chi connectivity index (χ2n) is 5.80. The van der Waals surface area contributed by atoms with Crippen molar-refractivity contribution in [3.8, 4) is 11.3 Å². The van der Waals surface area contributed by atoms with E-state index in [-0.39, 0.29) is 17.8 Å². The van der Waals surface area contributed by atoms with Crippen molar-refractivity contribution >= 4 is 34.8 Å². The van der Waals surface area contributed by atoms with E-state index in [1.807, 2.05) is 37.3 Å². The van der Waals surface area contributed by atoms with Crippen LogP contribution in [0.25, 0.3) is 11.3 Å². The molecule has 4 rings (SSSR count). The average molecular weight is 379 g/mol. The molecule has 0 aliphatic carbocycles. The van der Waals surface area contributed by atoms with Crippen molar-refractivity contribution in [3.63, 3.8) is 0 Å². The maximum atomic E-state index is 12.6. The molecule has 0 amide bonds. The minimum atomic E-state index is -0.285. The van der Waals surface area contributed by atoms with Crippen LogP contribution in [0, 0.1) is 0 Å². The lowest BCUT2D eigenvalue weighted by Gasteiger charge is -2.03. The Morgan fingerprint density at radius 3 is 2.74 bits per heavy atom. The van der Waals surface area contributed by atoms with E-state index in [2.05, 4.69) is 25.4 Å². The molecule has 4 aromatic rings. The summed E-state index contributed by atoms with van der Waals surface area (Å²) in [6.45, 7) is 2.05. The first-order chi connectivity index (χ1) is 13.1. The first-order valence-corrected chi connectivity index (χ1v) is 9.17. The van der Waals surface area contributed by atoms with Gasteiger partial charge in [0.15, 0.2) is 0 Å². The van der Waals surface area contributed by atoms with Crippen molar-refractivity contribution in [3.05, 3.63) is 58.7 Å². The number of aromatic nitrogens is 5. The summed E-state index contributed by atoms with van der Waals surface area (Å²) in [7, 11) is 0. The van der Waals surface area contributed by atoms with Crippen molar-refractivity contribution in [1.29, 1.82) is 0 Å². The van der Waals surface area contributed by atoms with Crippen molar-refractivity contribution in [2.45, 2.75) is 13.3 Å². The fourth-order valence-corrected chi connectivity index (χ4v) is 3.46. The van der Waals surface area contributed by atoms with Gasteiger partial charge in [0, 0.05) is 10.6 Å². The fourth-order valence-electron chi connectivity index (χ4n) is 2.59. The number of benzene rings is 1. The summed E-state index contributed by atoms with van der Waals surface area (Å²) in [5.41, 5.74) is 8.61. The molecule has 0 unspecified atom stereocenters. The maximum Gasteiger partial charge on any atom is 0.291 e. The quantitative estimate of drug-likeness (QED) is 0.490. The van der Waals surface area contributed by atoms with Crippen molar-refractivity contribution < 1.29 is 4.79 Å². The van der Waals surface area contributed by atoms with E-state index < -0.39 is 0 Å². The monoisotopic (exact) mass is 379 g/mol. The third-order valence-electron chi connectivity index (χ3n) is 4.00. The number of nitrogens with zero attached hydrogens (tertiary/aromatic N) is 4. The van der Waals surface area contributed by atoms with Gasteiger partial charge in [-0.25, -0.2) is 4.98 Å². The summed E-state index contributed by atoms with van der Waals surface area (Å²) in [6.07, 6.45) is 4.27. The summed E-state index contributed by atoms with van der Waals surface area (Å²) in [6, 6.07) is 11.4. The van der Waals surface area contributed by atoms with E-state index >= 15 is 0 Å². The van der Waals surface area contributed by atoms with Gasteiger partial charge in [-0.05, 0) is 36.2 Å². The summed E-state index contributed by atoms with van der Waals surface area (Å²) in [4.78, 5) is 25.5. The highest BCUT2D eigenvalue weighted by Crippen LogP contribution is 2.22. The van der Waals surface area contributed by atoms with Crippen LogP contribution in [0.3, 0.4) is 0 Å². The second-order valence-corrected chi connectivity index (χ2v) is 6.97. The predicted octanol–water partition coefficient (Wildman–Crippen LogP) is 3.31. The maximum absolute atomic E-state index is 12.6. The molecule has 0 spiro atoms. The number of thiophene rings is 1. The third kappa shape index (κ3) is 3.44. The van der Waals surface area contributed by atoms with Crippen molar-refractivity contribution in [2.75, 3.05) is 11.1 Å². The number of H-pyrrole nitrogens is 1. The van der Waals surface area contributed by atoms with Gasteiger partial charge in [0.2, 0.25) is 11.9 Å². The van der Waals surface area contributed by atoms with E-state index in [0.29, 0.717) is 4.88 Å². The standard InChI is InChI=1S/C18H17N7OS/c1-2-13-7-8-15(27-13)16(26)25-17(19)23-18(24-25)22-12-5-3-11(4-6-12)14-9-20-10-21-14/h3-10H,2H2,1H3,(H,20,21)(H3,19,22,23,24). The number of rotatable bonds is 5. The summed E-state index contributed by atoms with van der Waals surface area (Å²) >= 11 is 1.44. The van der Waals surface area contributed by atoms with Crippen LogP contribution in [0.15, 0.2) is 48.9 Å². The van der Waals surface area contributed by atoms with Gasteiger partial charge in [-0.2, -0.15) is 9.67 Å². The second kappa shape index (κ2) is 7.04. The number of nitrogens with one attached hydrogen (secondary N) is 2. The smallest absolute Gasteiger partial charge is 0.291 e. The molecule has 136 valence electrons. The molecule has 0 aliphatic heterocycles. The largest absolute Gasteiger partial charge is 0.368 e. The number of imidazole rings is 1. The van der Waals surface area contributed by atoms with Crippen molar-refractivity contribution in [2.24, 2.45) is 0 Å². The topological polar surface area (TPSA) is 115 Å². The number of nitrogens with two attached hydrogens (primary N) is 1. The molecule has 8 nitrogen and oxygen atoms in total. The first-order valence-electron chi connectivity index (χ1n) is 8.36. The van der Waals surface area contributed by atoms with E-state index in [1.165, 1.54) is 11.3 Å². The zero-order valence-corrected chi connectivity index (χ0v) is 15.3. The van der Waals surface area contributed by atoms with E-state index in [0.717, 1.165) is 32.9 Å². The Kier molecular flexibility index (Phi) is 4.43. The molecule has 0 aliphatic rings. The number of anilines is 3. The Morgan fingerprint density at radius 2 is 2.07 bits per heavy atom. The Morgan fingerprint density at radius 1 is 1.26 bits per heavy atom. The number of hydrogen-bond donors (Lipinski definition) is 3. The average Bonchev–Trinajstić information content (AvgIpc) is 3.43. The van der Waals surface area contributed by atoms with Gasteiger partial charge < -0.3 is 16.0 Å². The van der Waals surface area contributed by atoms with Crippen LogP contribution in [0.1, 0.15) is 21.5 Å². The van der Waals surface area contributed by atoms with Gasteiger partial charge in [0.25, 0.3) is 5.91 Å². The number of carbonyl (C=O) groups excluding carboxylic acids is 1. The van der Waals surface area contributed by atoms with Crippen LogP contribution in [-0.2, 0) is 6.42 Å². The Bertz CT molecular complexity index is 1060. The lowest BCUT2D eigenvalue weighted by molar-refractivity contribution is 0.0952. The highest BCUT2D eigenvalue weighted by atomic mass is 32.1. The van der Waals surface area contributed by atoms with Gasteiger partial charge in [-0.3, -0.25) is 4.79 Å². The molecule has 0 bridgehead atoms. The highest BCUT2D eigenvalue weighted by molar-refractivity contribution is 7.14. The number of hydrogen-bond acceptors (Lipinski definition) is 7. The normalized spacial score (nSPS) is 10.9. The van der Waals surface area contributed by atoms with Crippen LogP contribution in [0.2, 0.25) is 0 Å². The minimum absolute atomic E-state index is 0.0445. The molecule has 0 saturated heterocycles. The Balaban J connectivity index is 1.52. The molecule has 27 heavy (non-hydrogen) atoms. The van der Waals surface area contributed by atoms with Crippen LogP contribution in [-0.4, -0.2) is 30.6 Å². The molecule has 1 aromatic carbocycles. The van der Waals surface area contributed by atoms with Gasteiger partial charge in [-0.1, -0.05) is 19.1 Å². The fraction of sp³-hybridized carbons (Fsp3) is 0.111. The zero-order chi connectivity index (χ0) is 18.8. The van der Waals surface area contributed by atoms with Crippen LogP contribution in [0.4, 0.5) is 17.6 Å². The summed E-state index contributed by atoms with van der Waals surface area (Å²) in [5.74, 6) is 0.0257. The first kappa shape index (κ1) is 17.0. The Hall–Kier alpha value is -3.46. The molecule has 0 atom stereocenters. The Labute approximate surface area is 159 Å². The molecule has 0 saturated carbocycles. The predicted molar refractivity (Wildman–Crippen MR) is 105 cm³/mol. The van der Waals surface area contributed by atoms with Gasteiger partial charge >= 0.3 is 0 Å². The van der Waals surface area contributed by atoms with Crippen LogP contribution in [0.5, 0.6) is 0 Å². The zero-order valence-electron chi connectivity index (χ0n) is 14.5. The van der Waals surface area contributed by atoms with E-state index in [9.17, 15) is 4.79 Å². The van der Waals surface area contributed by atoms with Crippen LogP contribution >= 0.6 is 11.3 Å². The molecule has 0 fully saturated rings. The number of carbonyl (C=O) groups is 1. The highest BCUT2D eigenvalue weighted by Gasteiger charge is 2.17. The lowest BCUT2D eigenvalue weighted by Crippen LogP contribution is -2.15. The molecule has 9 heteroatoms. The van der Waals surface area contributed by atoms with Gasteiger partial charge in [0.05, 0.1) is 23.1 Å². The molecule has 4 N–H and O–H groups in total. The van der Waals surface area contributed by atoms with Gasteiger partial charge in [-0.15, -0.1) is 16.4 Å². The lowest BCUT2D eigenvalue weighted by atomic mass is 10.1. The van der Waals surface area contributed by atoms with Crippen molar-refractivity contribution in [1.82, 2.24) is 24.7 Å². The van der Waals surface area contributed by atoms with Gasteiger partial charge in [0.1, 0.15) is 0 Å². The molecular formula is C18H17N7OS. The molecular weight excluding hydrogens is 362 g/mol. The molecule has 0 radical (unpaired) electrons. The number of nitrogen functional groups attached to an aromatic ring is 1. The molecule has 3 aromatic heterocycles. The minimum Gasteiger partial charge on any atom is -0.368 e. The molecule has 3 heterocycles. The number of aromatic amines is 1. The third-order valence-corrected chi connectivity index (χ3v) is 5.21. The SMILES string of the molecule is CCc1ccc(C(=O)n2nc(Nc3ccc(-c4cnc[nH]4)cc3)nc2N)s1. The summed E-state index contributed by atoms with van der Waals surface area (Å²) in [5, 5.41) is 7.26.